The van der Waals surface area contributed by atoms with Gasteiger partial charge in [0, 0.05) is 29.3 Å². The number of allylic oxidation sites excluding steroid dienone is 2. The summed E-state index contributed by atoms with van der Waals surface area (Å²) in [5.74, 6) is -0.965. The molecule has 1 aromatic carbocycles. The number of hydrogen-bond acceptors (Lipinski definition) is 8. The highest BCUT2D eigenvalue weighted by molar-refractivity contribution is 7.91. The van der Waals surface area contributed by atoms with E-state index in [9.17, 15) is 27.6 Å². The van der Waals surface area contributed by atoms with Crippen LogP contribution in [-0.4, -0.2) is 76.4 Å². The number of nitrogens with one attached hydrogen (secondary N) is 3. The Morgan fingerprint density at radius 2 is 1.79 bits per heavy atom. The predicted molar refractivity (Wildman–Crippen MR) is 201 cm³/mol. The summed E-state index contributed by atoms with van der Waals surface area (Å²) in [6, 6.07) is 5.63. The van der Waals surface area contributed by atoms with Crippen LogP contribution < -0.4 is 20.1 Å². The highest BCUT2D eigenvalue weighted by atomic mass is 32.2. The number of sulfonamides is 1. The highest BCUT2D eigenvalue weighted by Gasteiger charge is 2.63. The first-order valence-corrected chi connectivity index (χ1v) is 20.7. The molecule has 286 valence electrons. The van der Waals surface area contributed by atoms with E-state index in [-0.39, 0.29) is 37.0 Å². The zero-order valence-electron chi connectivity index (χ0n) is 31.5. The van der Waals surface area contributed by atoms with Gasteiger partial charge in [-0.15, -0.1) is 0 Å². The summed E-state index contributed by atoms with van der Waals surface area (Å²) in [7, 11) is -3.93. The molecule has 0 radical (unpaired) electrons. The van der Waals surface area contributed by atoms with E-state index in [1.807, 2.05) is 64.1 Å². The molecule has 3 aliphatic heterocycles. The van der Waals surface area contributed by atoms with Crippen molar-refractivity contribution in [2.24, 2.45) is 11.3 Å². The van der Waals surface area contributed by atoms with Gasteiger partial charge >= 0.3 is 6.03 Å². The third kappa shape index (κ3) is 7.29. The average molecular weight is 748 g/mol. The molecule has 12 nitrogen and oxygen atoms in total. The van der Waals surface area contributed by atoms with Crippen LogP contribution in [0.2, 0.25) is 0 Å². The van der Waals surface area contributed by atoms with Crippen LogP contribution in [-0.2, 0) is 30.8 Å². The summed E-state index contributed by atoms with van der Waals surface area (Å²) < 4.78 is 34.7. The lowest BCUT2D eigenvalue weighted by molar-refractivity contribution is -0.140. The molecule has 5 atom stereocenters. The highest BCUT2D eigenvalue weighted by Crippen LogP contribution is 2.58. The molecule has 5 aliphatic rings. The number of aryl methyl sites for hydroxylation is 2. The van der Waals surface area contributed by atoms with Crippen LogP contribution >= 0.6 is 0 Å². The van der Waals surface area contributed by atoms with Crippen molar-refractivity contribution in [3.63, 3.8) is 0 Å². The second-order valence-corrected chi connectivity index (χ2v) is 19.7. The number of nitrogens with zero attached hydrogens (tertiary/aromatic N) is 2. The lowest BCUT2D eigenvalue weighted by atomic mass is 9.85. The van der Waals surface area contributed by atoms with Crippen LogP contribution in [0.1, 0.15) is 110 Å². The SMILES string of the molecule is Cc1nc2ccccc2c2c1O[C@@]1(CC2)C[C@H]2C(=O)C[C@]3(C(=O)NS(=O)(=O)C4(C)CC4)C[C@H]3/C=C\CCCCC[C@@H](NC(=O)NC(C)(C)C)C(=O)N2C1. The normalized spacial score (nSPS) is 30.5. The maximum absolute atomic E-state index is 14.7. The van der Waals surface area contributed by atoms with Crippen molar-refractivity contribution in [2.75, 3.05) is 6.54 Å². The van der Waals surface area contributed by atoms with Gasteiger partial charge in [0.1, 0.15) is 17.4 Å². The van der Waals surface area contributed by atoms with E-state index in [2.05, 4.69) is 15.4 Å². The number of carbonyl (C=O) groups excluding carboxylic acids is 4. The van der Waals surface area contributed by atoms with Crippen LogP contribution in [0.3, 0.4) is 0 Å². The molecule has 7 rings (SSSR count). The zero-order valence-corrected chi connectivity index (χ0v) is 32.4. The molecule has 13 heteroatoms. The smallest absolute Gasteiger partial charge is 0.315 e. The Morgan fingerprint density at radius 3 is 2.53 bits per heavy atom. The number of carbonyl (C=O) groups is 4. The number of fused-ring (bicyclic) bond motifs is 5. The Kier molecular flexibility index (Phi) is 9.43. The molecule has 1 saturated heterocycles. The molecular formula is C40H53N5O7S. The van der Waals surface area contributed by atoms with Crippen molar-refractivity contribution in [1.82, 2.24) is 25.2 Å². The van der Waals surface area contributed by atoms with Crippen LogP contribution in [0.4, 0.5) is 4.79 Å². The third-order valence-electron chi connectivity index (χ3n) is 12.1. The Hall–Kier alpha value is -4.00. The minimum absolute atomic E-state index is 0.127. The van der Waals surface area contributed by atoms with Crippen LogP contribution in [0.25, 0.3) is 10.9 Å². The summed E-state index contributed by atoms with van der Waals surface area (Å²) in [6.07, 6.45) is 9.96. The van der Waals surface area contributed by atoms with Crippen LogP contribution in [0, 0.1) is 18.3 Å². The van der Waals surface area contributed by atoms with Gasteiger partial charge in [-0.25, -0.2) is 18.2 Å². The summed E-state index contributed by atoms with van der Waals surface area (Å²) >= 11 is 0. The van der Waals surface area contributed by atoms with Gasteiger partial charge in [0.15, 0.2) is 5.78 Å². The molecule has 0 unspecified atom stereocenters. The molecule has 2 aromatic rings. The van der Waals surface area contributed by atoms with Crippen molar-refractivity contribution in [1.29, 1.82) is 0 Å². The van der Waals surface area contributed by atoms with Crippen LogP contribution in [0.15, 0.2) is 36.4 Å². The Morgan fingerprint density at radius 1 is 1.04 bits per heavy atom. The van der Waals surface area contributed by atoms with Gasteiger partial charge in [-0.3, -0.25) is 19.1 Å². The van der Waals surface area contributed by atoms with E-state index >= 15 is 0 Å². The first-order chi connectivity index (χ1) is 24.9. The van der Waals surface area contributed by atoms with E-state index in [4.69, 9.17) is 9.72 Å². The molecule has 2 saturated carbocycles. The quantitative estimate of drug-likeness (QED) is 0.362. The fourth-order valence-electron chi connectivity index (χ4n) is 8.52. The number of ketones is 1. The average Bonchev–Trinajstić information content (AvgIpc) is 3.97. The van der Waals surface area contributed by atoms with Gasteiger partial charge in [0.25, 0.3) is 0 Å². The van der Waals surface area contributed by atoms with Crippen molar-refractivity contribution < 1.29 is 32.3 Å². The molecule has 1 spiro atoms. The Labute approximate surface area is 312 Å². The van der Waals surface area contributed by atoms with E-state index in [0.29, 0.717) is 50.7 Å². The van der Waals surface area contributed by atoms with Crippen molar-refractivity contribution >= 4 is 44.6 Å². The summed E-state index contributed by atoms with van der Waals surface area (Å²) in [5, 5.41) is 6.83. The number of urea groups is 1. The second kappa shape index (κ2) is 13.4. The van der Waals surface area contributed by atoms with Crippen molar-refractivity contribution in [3.8, 4) is 5.75 Å². The van der Waals surface area contributed by atoms with Gasteiger partial charge in [-0.05, 0) is 98.0 Å². The fourth-order valence-corrected chi connectivity index (χ4v) is 9.85. The molecule has 1 aromatic heterocycles. The molecule has 3 N–H and O–H groups in total. The number of rotatable bonds is 4. The number of ether oxygens (including phenoxy) is 1. The van der Waals surface area contributed by atoms with E-state index < -0.39 is 55.3 Å². The number of amides is 4. The minimum atomic E-state index is -3.93. The topological polar surface area (TPSA) is 164 Å². The second-order valence-electron chi connectivity index (χ2n) is 17.5. The Bertz CT molecular complexity index is 1990. The van der Waals surface area contributed by atoms with E-state index in [1.165, 1.54) is 0 Å². The number of hydrogen-bond donors (Lipinski definition) is 3. The largest absolute Gasteiger partial charge is 0.483 e. The van der Waals surface area contributed by atoms with Gasteiger partial charge in [-0.2, -0.15) is 0 Å². The number of pyridine rings is 1. The molecule has 3 fully saturated rings. The number of benzene rings is 1. The fraction of sp³-hybridized carbons (Fsp3) is 0.625. The Balaban J connectivity index is 1.23. The lowest BCUT2D eigenvalue weighted by Gasteiger charge is -2.36. The summed E-state index contributed by atoms with van der Waals surface area (Å²) in [5.41, 5.74) is -0.0107. The zero-order chi connectivity index (χ0) is 38.0. The molecule has 53 heavy (non-hydrogen) atoms. The summed E-state index contributed by atoms with van der Waals surface area (Å²) in [4.78, 5) is 63.0. The van der Waals surface area contributed by atoms with E-state index in [1.54, 1.807) is 11.8 Å². The first-order valence-electron chi connectivity index (χ1n) is 19.2. The van der Waals surface area contributed by atoms with Crippen LogP contribution in [0.5, 0.6) is 5.75 Å². The van der Waals surface area contributed by atoms with Gasteiger partial charge in [-0.1, -0.05) is 43.2 Å². The number of para-hydroxylation sites is 1. The molecule has 2 aliphatic carbocycles. The lowest BCUT2D eigenvalue weighted by Crippen LogP contribution is -2.56. The first kappa shape index (κ1) is 37.3. The molecule has 0 bridgehead atoms. The van der Waals surface area contributed by atoms with Gasteiger partial charge in [0.05, 0.1) is 34.0 Å². The van der Waals surface area contributed by atoms with Gasteiger partial charge < -0.3 is 20.3 Å². The molecule has 4 heterocycles. The number of aromatic nitrogens is 1. The van der Waals surface area contributed by atoms with Crippen molar-refractivity contribution in [3.05, 3.63) is 47.7 Å². The maximum atomic E-state index is 14.7. The summed E-state index contributed by atoms with van der Waals surface area (Å²) in [6.45, 7) is 9.25. The van der Waals surface area contributed by atoms with Crippen molar-refractivity contribution in [2.45, 2.75) is 140 Å². The predicted octanol–water partition coefficient (Wildman–Crippen LogP) is 5.16. The standard InChI is InChI=1S/C40H53N5O7S/c1-25-33-28(27-14-11-12-15-29(27)41-25)17-18-39(52-33)22-31-32(46)23-40(35(48)44-53(50,51)38(5)19-20-38)21-26(40)13-9-7-6-8-10-16-30(34(47)45(31)24-39)42-36(49)43-37(2,3)4/h9,11-15,26,30-31H,6-8,10,16-24H2,1-5H3,(H,44,48)(H2,42,43,49)/b13-9-/t26-,30-,31+,39+,40-/m1/s1. The molecular weight excluding hydrogens is 695 g/mol. The van der Waals surface area contributed by atoms with E-state index in [0.717, 1.165) is 41.4 Å². The maximum Gasteiger partial charge on any atom is 0.315 e. The molecule has 4 amide bonds. The van der Waals surface area contributed by atoms with Gasteiger partial charge in [0.2, 0.25) is 21.8 Å². The minimum Gasteiger partial charge on any atom is -0.483 e. The number of Topliss-reactive ketones (excluding diaryl/α,β-unsaturated/α-hetero) is 1. The monoisotopic (exact) mass is 747 g/mol. The third-order valence-corrected chi connectivity index (χ3v) is 14.2.